The quantitative estimate of drug-likeness (QED) is 0.863. The minimum absolute atomic E-state index is 0.660. The van der Waals surface area contributed by atoms with Crippen molar-refractivity contribution >= 4 is 0 Å². The highest BCUT2D eigenvalue weighted by atomic mass is 16.5. The number of nitrogens with one attached hydrogen (secondary N) is 1. The van der Waals surface area contributed by atoms with E-state index in [4.69, 9.17) is 4.74 Å². The molecule has 18 heavy (non-hydrogen) atoms. The number of hydrogen-bond acceptors (Lipinski definition) is 2. The fraction of sp³-hybridized carbons (Fsp3) is 0.625. The molecule has 1 aliphatic heterocycles. The predicted molar refractivity (Wildman–Crippen MR) is 74.2 cm³/mol. The first-order valence-electron chi connectivity index (χ1n) is 7.07. The molecule has 0 atom stereocenters. The molecule has 0 unspecified atom stereocenters. The van der Waals surface area contributed by atoms with E-state index in [0.717, 1.165) is 11.7 Å². The van der Waals surface area contributed by atoms with E-state index in [1.807, 2.05) is 0 Å². The molecule has 1 aromatic rings. The first-order chi connectivity index (χ1) is 8.71. The van der Waals surface area contributed by atoms with E-state index in [-0.39, 0.29) is 0 Å². The number of hydrogen-bond donors (Lipinski definition) is 1. The number of rotatable bonds is 2. The fourth-order valence-electron chi connectivity index (χ4n) is 3.72. The lowest BCUT2D eigenvalue weighted by Gasteiger charge is -2.50. The van der Waals surface area contributed by atoms with Gasteiger partial charge in [-0.05, 0) is 80.3 Å². The van der Waals surface area contributed by atoms with E-state index in [9.17, 15) is 0 Å². The Bertz CT molecular complexity index is 427. The Balaban J connectivity index is 1.72. The summed E-state index contributed by atoms with van der Waals surface area (Å²) < 4.78 is 5.38. The summed E-state index contributed by atoms with van der Waals surface area (Å²) in [5, 5.41) is 3.47. The summed E-state index contributed by atoms with van der Waals surface area (Å²) in [5.74, 6) is 1.77. The van der Waals surface area contributed by atoms with Crippen LogP contribution < -0.4 is 10.1 Å². The lowest BCUT2D eigenvalue weighted by Crippen LogP contribution is -2.44. The van der Waals surface area contributed by atoms with Gasteiger partial charge in [-0.3, -0.25) is 0 Å². The Morgan fingerprint density at radius 3 is 2.56 bits per heavy atom. The van der Waals surface area contributed by atoms with Crippen LogP contribution in [0.15, 0.2) is 18.2 Å². The van der Waals surface area contributed by atoms with Crippen molar-refractivity contribution in [3.05, 3.63) is 29.3 Å². The second-order valence-corrected chi connectivity index (χ2v) is 6.14. The van der Waals surface area contributed by atoms with Gasteiger partial charge in [0.1, 0.15) is 5.75 Å². The zero-order valence-corrected chi connectivity index (χ0v) is 11.5. The average Bonchev–Trinajstić information content (AvgIpc) is 2.36. The van der Waals surface area contributed by atoms with Gasteiger partial charge in [-0.15, -0.1) is 0 Å². The smallest absolute Gasteiger partial charge is 0.119 e. The van der Waals surface area contributed by atoms with Gasteiger partial charge < -0.3 is 10.1 Å². The van der Waals surface area contributed by atoms with Gasteiger partial charge in [-0.25, -0.2) is 0 Å². The number of ether oxygens (including phenoxy) is 1. The third-order valence-electron chi connectivity index (χ3n) is 4.80. The third kappa shape index (κ3) is 2.14. The number of aryl methyl sites for hydroxylation is 1. The molecule has 0 aromatic heterocycles. The minimum atomic E-state index is 0.660. The van der Waals surface area contributed by atoms with Crippen LogP contribution >= 0.6 is 0 Å². The topological polar surface area (TPSA) is 21.3 Å². The second kappa shape index (κ2) is 4.58. The van der Waals surface area contributed by atoms with Crippen LogP contribution in [-0.2, 0) is 0 Å². The summed E-state index contributed by atoms with van der Waals surface area (Å²) in [6, 6.07) is 6.68. The van der Waals surface area contributed by atoms with E-state index in [2.05, 4.69) is 30.4 Å². The average molecular weight is 245 g/mol. The molecule has 1 saturated heterocycles. The Kier molecular flexibility index (Phi) is 3.06. The first-order valence-corrected chi connectivity index (χ1v) is 7.07. The van der Waals surface area contributed by atoms with Gasteiger partial charge in [-0.1, -0.05) is 6.07 Å². The number of piperidine rings is 1. The summed E-state index contributed by atoms with van der Waals surface area (Å²) in [5.41, 5.74) is 3.46. The van der Waals surface area contributed by atoms with Crippen LogP contribution in [0.4, 0.5) is 0 Å². The van der Waals surface area contributed by atoms with Crippen LogP contribution in [0.25, 0.3) is 0 Å². The van der Waals surface area contributed by atoms with Gasteiger partial charge >= 0.3 is 0 Å². The molecule has 2 aliphatic rings. The minimum Gasteiger partial charge on any atom is -0.497 e. The lowest BCUT2D eigenvalue weighted by molar-refractivity contribution is 0.0603. The molecule has 1 aliphatic carbocycles. The summed E-state index contributed by atoms with van der Waals surface area (Å²) >= 11 is 0. The predicted octanol–water partition coefficient (Wildman–Crippen LogP) is 3.25. The number of methoxy groups -OCH3 is 1. The normalized spacial score (nSPS) is 22.8. The first kappa shape index (κ1) is 12.0. The Hall–Kier alpha value is -1.02. The highest BCUT2D eigenvalue weighted by molar-refractivity contribution is 5.37. The van der Waals surface area contributed by atoms with Gasteiger partial charge in [-0.2, -0.15) is 0 Å². The molecule has 1 spiro atoms. The molecule has 98 valence electrons. The van der Waals surface area contributed by atoms with E-state index in [1.165, 1.54) is 49.9 Å². The molecule has 1 N–H and O–H groups in total. The maximum Gasteiger partial charge on any atom is 0.119 e. The van der Waals surface area contributed by atoms with Gasteiger partial charge in [0.05, 0.1) is 7.11 Å². The van der Waals surface area contributed by atoms with Gasteiger partial charge in [0.15, 0.2) is 0 Å². The van der Waals surface area contributed by atoms with Crippen molar-refractivity contribution in [2.75, 3.05) is 20.2 Å². The Labute approximate surface area is 110 Å². The molecule has 0 amide bonds. The fourth-order valence-corrected chi connectivity index (χ4v) is 3.72. The molecule has 0 bridgehead atoms. The maximum absolute atomic E-state index is 5.38. The molecule has 2 fully saturated rings. The van der Waals surface area contributed by atoms with Crippen LogP contribution in [0.1, 0.15) is 42.7 Å². The highest BCUT2D eigenvalue weighted by Crippen LogP contribution is 2.56. The standard InChI is InChI=1S/C16H23NO/c1-12-7-13(9-15(8-12)18-2)14-10-16(11-14)3-5-17-6-4-16/h7-9,14,17H,3-6,10-11H2,1-2H3. The molecular weight excluding hydrogens is 222 g/mol. The lowest BCUT2D eigenvalue weighted by atomic mass is 9.56. The maximum atomic E-state index is 5.38. The summed E-state index contributed by atoms with van der Waals surface area (Å²) in [7, 11) is 1.76. The van der Waals surface area contributed by atoms with E-state index >= 15 is 0 Å². The van der Waals surface area contributed by atoms with Gasteiger partial charge in [0.25, 0.3) is 0 Å². The van der Waals surface area contributed by atoms with E-state index in [0.29, 0.717) is 5.41 Å². The highest BCUT2D eigenvalue weighted by Gasteiger charge is 2.44. The van der Waals surface area contributed by atoms with Crippen LogP contribution in [0.2, 0.25) is 0 Å². The van der Waals surface area contributed by atoms with Crippen LogP contribution in [0, 0.1) is 12.3 Å². The Morgan fingerprint density at radius 2 is 1.89 bits per heavy atom. The largest absolute Gasteiger partial charge is 0.497 e. The molecule has 1 saturated carbocycles. The van der Waals surface area contributed by atoms with Crippen molar-refractivity contribution in [1.82, 2.24) is 5.32 Å². The van der Waals surface area contributed by atoms with Crippen molar-refractivity contribution < 1.29 is 4.74 Å². The van der Waals surface area contributed by atoms with Crippen LogP contribution in [0.5, 0.6) is 5.75 Å². The van der Waals surface area contributed by atoms with E-state index < -0.39 is 0 Å². The molecule has 0 radical (unpaired) electrons. The zero-order valence-electron chi connectivity index (χ0n) is 11.5. The van der Waals surface area contributed by atoms with Gasteiger partial charge in [0, 0.05) is 0 Å². The molecule has 1 heterocycles. The van der Waals surface area contributed by atoms with Crippen molar-refractivity contribution in [1.29, 1.82) is 0 Å². The van der Waals surface area contributed by atoms with E-state index in [1.54, 1.807) is 7.11 Å². The summed E-state index contributed by atoms with van der Waals surface area (Å²) in [6.45, 7) is 4.58. The third-order valence-corrected chi connectivity index (χ3v) is 4.80. The SMILES string of the molecule is COc1cc(C)cc(C2CC3(CCNCC3)C2)c1. The molecular formula is C16H23NO. The van der Waals surface area contributed by atoms with Crippen molar-refractivity contribution in [2.45, 2.75) is 38.5 Å². The van der Waals surface area contributed by atoms with Crippen molar-refractivity contribution in [2.24, 2.45) is 5.41 Å². The number of benzene rings is 1. The van der Waals surface area contributed by atoms with Gasteiger partial charge in [0.2, 0.25) is 0 Å². The summed E-state index contributed by atoms with van der Waals surface area (Å²) in [6.07, 6.45) is 5.49. The zero-order chi connectivity index (χ0) is 12.6. The molecule has 2 heteroatoms. The molecule has 1 aromatic carbocycles. The molecule has 3 rings (SSSR count). The monoisotopic (exact) mass is 245 g/mol. The summed E-state index contributed by atoms with van der Waals surface area (Å²) in [4.78, 5) is 0. The van der Waals surface area contributed by atoms with Crippen LogP contribution in [-0.4, -0.2) is 20.2 Å². The molecule has 2 nitrogen and oxygen atoms in total. The second-order valence-electron chi connectivity index (χ2n) is 6.14. The van der Waals surface area contributed by atoms with Crippen molar-refractivity contribution in [3.63, 3.8) is 0 Å². The van der Waals surface area contributed by atoms with Crippen molar-refractivity contribution in [3.8, 4) is 5.75 Å². The Morgan fingerprint density at radius 1 is 1.17 bits per heavy atom. The van der Waals surface area contributed by atoms with Crippen LogP contribution in [0.3, 0.4) is 0 Å².